The predicted octanol–water partition coefficient (Wildman–Crippen LogP) is 3.46. The smallest absolute Gasteiger partial charge is 0.160 e. The van der Waals surface area contributed by atoms with Crippen molar-refractivity contribution >= 4 is 0 Å². The SMILES string of the molecule is CCCCN(CCC)CCc1ccc(OC)c(O)c1. The Morgan fingerprint density at radius 2 is 1.89 bits per heavy atom. The minimum atomic E-state index is 0.232. The average molecular weight is 265 g/mol. The van der Waals surface area contributed by atoms with Gasteiger partial charge < -0.3 is 14.7 Å². The topological polar surface area (TPSA) is 32.7 Å². The van der Waals surface area contributed by atoms with E-state index < -0.39 is 0 Å². The van der Waals surface area contributed by atoms with Crippen LogP contribution in [0.1, 0.15) is 38.7 Å². The molecule has 0 spiro atoms. The van der Waals surface area contributed by atoms with Crippen LogP contribution in [0.5, 0.6) is 11.5 Å². The molecule has 19 heavy (non-hydrogen) atoms. The number of phenols is 1. The Kier molecular flexibility index (Phi) is 7.34. The molecule has 0 heterocycles. The van der Waals surface area contributed by atoms with Crippen molar-refractivity contribution in [2.75, 3.05) is 26.7 Å². The minimum absolute atomic E-state index is 0.232. The first-order valence-electron chi connectivity index (χ1n) is 7.29. The molecule has 1 rings (SSSR count). The summed E-state index contributed by atoms with van der Waals surface area (Å²) in [7, 11) is 1.57. The summed E-state index contributed by atoms with van der Waals surface area (Å²) in [6, 6.07) is 5.67. The zero-order valence-electron chi connectivity index (χ0n) is 12.5. The number of unbranched alkanes of at least 4 members (excludes halogenated alkanes) is 1. The number of methoxy groups -OCH3 is 1. The van der Waals surface area contributed by atoms with Crippen LogP contribution < -0.4 is 4.74 Å². The molecule has 0 amide bonds. The van der Waals surface area contributed by atoms with Crippen LogP contribution in [0.3, 0.4) is 0 Å². The summed E-state index contributed by atoms with van der Waals surface area (Å²) in [6.07, 6.45) is 4.66. The van der Waals surface area contributed by atoms with Crippen LogP contribution in [0.25, 0.3) is 0 Å². The highest BCUT2D eigenvalue weighted by Gasteiger charge is 2.06. The molecule has 1 aromatic rings. The van der Waals surface area contributed by atoms with Gasteiger partial charge in [0.05, 0.1) is 7.11 Å². The molecule has 0 aliphatic carbocycles. The van der Waals surface area contributed by atoms with Crippen LogP contribution in [0.2, 0.25) is 0 Å². The molecule has 3 nitrogen and oxygen atoms in total. The number of ether oxygens (including phenoxy) is 1. The molecule has 0 saturated heterocycles. The molecule has 108 valence electrons. The van der Waals surface area contributed by atoms with E-state index >= 15 is 0 Å². The molecule has 0 unspecified atom stereocenters. The summed E-state index contributed by atoms with van der Waals surface area (Å²) in [5.74, 6) is 0.774. The fraction of sp³-hybridized carbons (Fsp3) is 0.625. The fourth-order valence-electron chi connectivity index (χ4n) is 2.21. The zero-order valence-corrected chi connectivity index (χ0v) is 12.5. The first-order chi connectivity index (χ1) is 9.21. The molecule has 0 bridgehead atoms. The van der Waals surface area contributed by atoms with Gasteiger partial charge in [0.15, 0.2) is 11.5 Å². The van der Waals surface area contributed by atoms with Gasteiger partial charge >= 0.3 is 0 Å². The Bertz CT molecular complexity index is 366. The number of benzene rings is 1. The number of phenolic OH excluding ortho intramolecular Hbond substituents is 1. The zero-order chi connectivity index (χ0) is 14.1. The second kappa shape index (κ2) is 8.81. The highest BCUT2D eigenvalue weighted by atomic mass is 16.5. The minimum Gasteiger partial charge on any atom is -0.504 e. The molecular weight excluding hydrogens is 238 g/mol. The highest BCUT2D eigenvalue weighted by molar-refractivity contribution is 5.41. The van der Waals surface area contributed by atoms with Gasteiger partial charge in [-0.1, -0.05) is 26.3 Å². The van der Waals surface area contributed by atoms with E-state index in [4.69, 9.17) is 4.74 Å². The van der Waals surface area contributed by atoms with Crippen LogP contribution in [-0.2, 0) is 6.42 Å². The Morgan fingerprint density at radius 1 is 1.11 bits per heavy atom. The van der Waals surface area contributed by atoms with Crippen molar-refractivity contribution in [2.45, 2.75) is 39.5 Å². The predicted molar refractivity (Wildman–Crippen MR) is 80.0 cm³/mol. The van der Waals surface area contributed by atoms with Gasteiger partial charge in [-0.25, -0.2) is 0 Å². The third-order valence-electron chi connectivity index (χ3n) is 3.33. The van der Waals surface area contributed by atoms with Gasteiger partial charge in [0.1, 0.15) is 0 Å². The standard InChI is InChI=1S/C16H27NO2/c1-4-6-11-17(10-5-2)12-9-14-7-8-16(19-3)15(18)13-14/h7-8,13,18H,4-6,9-12H2,1-3H3. The van der Waals surface area contributed by atoms with Gasteiger partial charge in [0, 0.05) is 6.54 Å². The molecule has 1 N–H and O–H groups in total. The van der Waals surface area contributed by atoms with Gasteiger partial charge in [-0.15, -0.1) is 0 Å². The van der Waals surface area contributed by atoms with Crippen LogP contribution in [0.15, 0.2) is 18.2 Å². The van der Waals surface area contributed by atoms with E-state index in [1.54, 1.807) is 7.11 Å². The second-order valence-corrected chi connectivity index (χ2v) is 4.95. The molecule has 0 aromatic heterocycles. The van der Waals surface area contributed by atoms with E-state index in [0.29, 0.717) is 5.75 Å². The van der Waals surface area contributed by atoms with Crippen molar-refractivity contribution in [3.63, 3.8) is 0 Å². The van der Waals surface area contributed by atoms with Gasteiger partial charge in [-0.05, 0) is 50.0 Å². The molecule has 0 saturated carbocycles. The van der Waals surface area contributed by atoms with Crippen LogP contribution >= 0.6 is 0 Å². The van der Waals surface area contributed by atoms with Crippen molar-refractivity contribution in [1.29, 1.82) is 0 Å². The maximum absolute atomic E-state index is 9.76. The highest BCUT2D eigenvalue weighted by Crippen LogP contribution is 2.26. The van der Waals surface area contributed by atoms with E-state index in [9.17, 15) is 5.11 Å². The fourth-order valence-corrected chi connectivity index (χ4v) is 2.21. The van der Waals surface area contributed by atoms with Gasteiger partial charge in [0.25, 0.3) is 0 Å². The van der Waals surface area contributed by atoms with Crippen LogP contribution in [0, 0.1) is 0 Å². The first-order valence-corrected chi connectivity index (χ1v) is 7.29. The quantitative estimate of drug-likeness (QED) is 0.742. The molecule has 0 atom stereocenters. The molecule has 0 aliphatic heterocycles. The average Bonchev–Trinajstić information content (AvgIpc) is 2.42. The van der Waals surface area contributed by atoms with Gasteiger partial charge in [-0.3, -0.25) is 0 Å². The van der Waals surface area contributed by atoms with E-state index in [1.165, 1.54) is 25.8 Å². The summed E-state index contributed by atoms with van der Waals surface area (Å²) in [5, 5.41) is 9.76. The number of rotatable bonds is 9. The number of nitrogens with zero attached hydrogens (tertiary/aromatic N) is 1. The lowest BCUT2D eigenvalue weighted by Gasteiger charge is -2.21. The van der Waals surface area contributed by atoms with E-state index in [0.717, 1.165) is 25.1 Å². The Hall–Kier alpha value is -1.22. The lowest BCUT2D eigenvalue weighted by molar-refractivity contribution is 0.273. The Morgan fingerprint density at radius 3 is 2.47 bits per heavy atom. The van der Waals surface area contributed by atoms with Crippen molar-refractivity contribution in [3.05, 3.63) is 23.8 Å². The lowest BCUT2D eigenvalue weighted by Crippen LogP contribution is -2.28. The third-order valence-corrected chi connectivity index (χ3v) is 3.33. The Balaban J connectivity index is 2.50. The van der Waals surface area contributed by atoms with E-state index in [-0.39, 0.29) is 5.75 Å². The maximum atomic E-state index is 9.76. The molecule has 0 aliphatic rings. The summed E-state index contributed by atoms with van der Waals surface area (Å²) in [4.78, 5) is 2.50. The normalized spacial score (nSPS) is 10.9. The third kappa shape index (κ3) is 5.52. The Labute approximate surface area is 117 Å². The van der Waals surface area contributed by atoms with E-state index in [2.05, 4.69) is 18.7 Å². The van der Waals surface area contributed by atoms with Crippen molar-refractivity contribution in [2.24, 2.45) is 0 Å². The summed E-state index contributed by atoms with van der Waals surface area (Å²) >= 11 is 0. The molecule has 1 aromatic carbocycles. The molecule has 0 fully saturated rings. The van der Waals surface area contributed by atoms with E-state index in [1.807, 2.05) is 18.2 Å². The summed E-state index contributed by atoms with van der Waals surface area (Å²) < 4.78 is 5.06. The van der Waals surface area contributed by atoms with Crippen molar-refractivity contribution in [1.82, 2.24) is 4.90 Å². The van der Waals surface area contributed by atoms with Crippen LogP contribution in [0.4, 0.5) is 0 Å². The number of hydrogen-bond donors (Lipinski definition) is 1. The molecular formula is C16H27NO2. The van der Waals surface area contributed by atoms with Crippen molar-refractivity contribution in [3.8, 4) is 11.5 Å². The maximum Gasteiger partial charge on any atom is 0.160 e. The summed E-state index contributed by atoms with van der Waals surface area (Å²) in [5.41, 5.74) is 1.16. The molecule has 0 radical (unpaired) electrons. The largest absolute Gasteiger partial charge is 0.504 e. The van der Waals surface area contributed by atoms with Gasteiger partial charge in [0.2, 0.25) is 0 Å². The monoisotopic (exact) mass is 265 g/mol. The van der Waals surface area contributed by atoms with Crippen LogP contribution in [-0.4, -0.2) is 36.8 Å². The molecule has 3 heteroatoms. The lowest BCUT2D eigenvalue weighted by atomic mass is 10.1. The first kappa shape index (κ1) is 15.8. The number of aromatic hydroxyl groups is 1. The second-order valence-electron chi connectivity index (χ2n) is 4.95. The summed E-state index contributed by atoms with van der Waals surface area (Å²) in [6.45, 7) is 7.83. The van der Waals surface area contributed by atoms with Crippen molar-refractivity contribution < 1.29 is 9.84 Å². The van der Waals surface area contributed by atoms with Gasteiger partial charge in [-0.2, -0.15) is 0 Å². The number of hydrogen-bond acceptors (Lipinski definition) is 3.